The summed E-state index contributed by atoms with van der Waals surface area (Å²) < 4.78 is 0. The monoisotopic (exact) mass is 241 g/mol. The van der Waals surface area contributed by atoms with E-state index in [-0.39, 0.29) is 6.04 Å². The molecule has 0 radical (unpaired) electrons. The van der Waals surface area contributed by atoms with Crippen LogP contribution in [0.3, 0.4) is 0 Å². The second-order valence-corrected chi connectivity index (χ2v) is 4.38. The summed E-state index contributed by atoms with van der Waals surface area (Å²) in [5.41, 5.74) is 0.555. The Hall–Kier alpha value is -2.35. The Morgan fingerprint density at radius 3 is 2.67 bits per heavy atom. The zero-order valence-electron chi connectivity index (χ0n) is 10.4. The van der Waals surface area contributed by atoms with Crippen molar-refractivity contribution in [1.29, 1.82) is 5.26 Å². The van der Waals surface area contributed by atoms with Gasteiger partial charge in [-0.25, -0.2) is 9.97 Å². The lowest BCUT2D eigenvalue weighted by molar-refractivity contribution is 0.524. The summed E-state index contributed by atoms with van der Waals surface area (Å²) in [5, 5.41) is 12.0. The van der Waals surface area contributed by atoms with Crippen molar-refractivity contribution in [1.82, 2.24) is 15.0 Å². The molecule has 2 rings (SSSR count). The third-order valence-electron chi connectivity index (χ3n) is 2.68. The Morgan fingerprint density at radius 1 is 1.33 bits per heavy atom. The number of hydrogen-bond donors (Lipinski definition) is 2. The summed E-state index contributed by atoms with van der Waals surface area (Å²) in [6, 6.07) is 5.67. The van der Waals surface area contributed by atoms with E-state index in [1.54, 1.807) is 30.7 Å². The number of imidazole rings is 1. The number of nitrogens with one attached hydrogen (secondary N) is 2. The molecule has 5 nitrogen and oxygen atoms in total. The molecule has 92 valence electrons. The van der Waals surface area contributed by atoms with E-state index < -0.39 is 0 Å². The molecule has 2 aromatic rings. The van der Waals surface area contributed by atoms with Crippen LogP contribution in [0.1, 0.15) is 31.3 Å². The second kappa shape index (κ2) is 5.32. The summed E-state index contributed by atoms with van der Waals surface area (Å²) >= 11 is 0. The van der Waals surface area contributed by atoms with Crippen molar-refractivity contribution in [2.75, 3.05) is 5.32 Å². The van der Waals surface area contributed by atoms with Gasteiger partial charge in [0.25, 0.3) is 0 Å². The average molecular weight is 241 g/mol. The summed E-state index contributed by atoms with van der Waals surface area (Å²) in [7, 11) is 0. The third-order valence-corrected chi connectivity index (χ3v) is 2.68. The summed E-state index contributed by atoms with van der Waals surface area (Å²) in [5.74, 6) is 1.99. The smallest absolute Gasteiger partial charge is 0.128 e. The molecule has 2 N–H and O–H groups in total. The minimum atomic E-state index is 0.0698. The van der Waals surface area contributed by atoms with Gasteiger partial charge in [0.2, 0.25) is 0 Å². The largest absolute Gasteiger partial charge is 0.360 e. The molecule has 1 atom stereocenters. The Balaban J connectivity index is 2.16. The van der Waals surface area contributed by atoms with Crippen molar-refractivity contribution in [2.24, 2.45) is 5.92 Å². The summed E-state index contributed by atoms with van der Waals surface area (Å²) in [6.07, 6.45) is 5.10. The minimum Gasteiger partial charge on any atom is -0.360 e. The highest BCUT2D eigenvalue weighted by Crippen LogP contribution is 2.22. The van der Waals surface area contributed by atoms with Crippen LogP contribution in [0.25, 0.3) is 0 Å². The number of anilines is 1. The van der Waals surface area contributed by atoms with Crippen LogP contribution in [0.15, 0.2) is 30.7 Å². The quantitative estimate of drug-likeness (QED) is 0.862. The first kappa shape index (κ1) is 12.1. The summed E-state index contributed by atoms with van der Waals surface area (Å²) in [6.45, 7) is 4.23. The van der Waals surface area contributed by atoms with Crippen LogP contribution < -0.4 is 5.32 Å². The average Bonchev–Trinajstić information content (AvgIpc) is 2.90. The van der Waals surface area contributed by atoms with Gasteiger partial charge in [0, 0.05) is 18.6 Å². The van der Waals surface area contributed by atoms with Crippen LogP contribution in [-0.2, 0) is 0 Å². The minimum absolute atomic E-state index is 0.0698. The number of rotatable bonds is 4. The maximum Gasteiger partial charge on any atom is 0.128 e. The van der Waals surface area contributed by atoms with Gasteiger partial charge in [-0.3, -0.25) is 0 Å². The standard InChI is InChI=1S/C13H15N5/c1-9(2)12(13-15-5-6-16-13)18-11-4-3-10(7-14)8-17-11/h3-6,8-9,12H,1-2H3,(H,15,16)(H,17,18)/t12-/m0/s1. The molecule has 0 amide bonds. The van der Waals surface area contributed by atoms with Crippen LogP contribution in [0.2, 0.25) is 0 Å². The van der Waals surface area contributed by atoms with Gasteiger partial charge in [-0.1, -0.05) is 13.8 Å². The lowest BCUT2D eigenvalue weighted by atomic mass is 10.0. The molecule has 0 bridgehead atoms. The molecule has 0 aromatic carbocycles. The van der Waals surface area contributed by atoms with Gasteiger partial charge >= 0.3 is 0 Å². The van der Waals surface area contributed by atoms with Crippen molar-refractivity contribution < 1.29 is 0 Å². The zero-order chi connectivity index (χ0) is 13.0. The molecule has 2 heterocycles. The fourth-order valence-corrected chi connectivity index (χ4v) is 1.70. The molecular weight excluding hydrogens is 226 g/mol. The molecule has 0 unspecified atom stereocenters. The van der Waals surface area contributed by atoms with Gasteiger partial charge in [-0.05, 0) is 18.1 Å². The Labute approximate surface area is 106 Å². The van der Waals surface area contributed by atoms with E-state index in [1.807, 2.05) is 6.07 Å². The number of pyridine rings is 1. The number of hydrogen-bond acceptors (Lipinski definition) is 4. The fourth-order valence-electron chi connectivity index (χ4n) is 1.70. The zero-order valence-corrected chi connectivity index (χ0v) is 10.4. The normalized spacial score (nSPS) is 12.1. The topological polar surface area (TPSA) is 77.4 Å². The number of nitriles is 1. The van der Waals surface area contributed by atoms with Gasteiger partial charge in [0.05, 0.1) is 11.6 Å². The molecule has 0 saturated carbocycles. The van der Waals surface area contributed by atoms with Gasteiger partial charge in [-0.2, -0.15) is 5.26 Å². The van der Waals surface area contributed by atoms with Crippen LogP contribution in [-0.4, -0.2) is 15.0 Å². The predicted octanol–water partition coefficient (Wildman–Crippen LogP) is 2.49. The molecular formula is C13H15N5. The molecule has 0 aliphatic rings. The van der Waals surface area contributed by atoms with E-state index in [2.05, 4.69) is 34.1 Å². The molecule has 0 spiro atoms. The van der Waals surface area contributed by atoms with Crippen molar-refractivity contribution >= 4 is 5.82 Å². The molecule has 18 heavy (non-hydrogen) atoms. The van der Waals surface area contributed by atoms with Crippen LogP contribution in [0, 0.1) is 17.2 Å². The molecule has 0 aliphatic heterocycles. The Bertz CT molecular complexity index is 522. The number of H-pyrrole nitrogens is 1. The van der Waals surface area contributed by atoms with Crippen molar-refractivity contribution in [3.63, 3.8) is 0 Å². The van der Waals surface area contributed by atoms with Gasteiger partial charge in [-0.15, -0.1) is 0 Å². The fraction of sp³-hybridized carbons (Fsp3) is 0.308. The predicted molar refractivity (Wildman–Crippen MR) is 68.7 cm³/mol. The lowest BCUT2D eigenvalue weighted by Crippen LogP contribution is -2.18. The Morgan fingerprint density at radius 2 is 2.17 bits per heavy atom. The third kappa shape index (κ3) is 2.66. The first-order valence-electron chi connectivity index (χ1n) is 5.82. The molecule has 0 fully saturated rings. The lowest BCUT2D eigenvalue weighted by Gasteiger charge is -2.20. The van der Waals surface area contributed by atoms with Crippen LogP contribution in [0.4, 0.5) is 5.82 Å². The maximum absolute atomic E-state index is 8.72. The van der Waals surface area contributed by atoms with Gasteiger partial charge in [0.1, 0.15) is 17.7 Å². The van der Waals surface area contributed by atoms with Crippen LogP contribution in [0.5, 0.6) is 0 Å². The number of aromatic nitrogens is 3. The number of aromatic amines is 1. The van der Waals surface area contributed by atoms with E-state index in [9.17, 15) is 0 Å². The highest BCUT2D eigenvalue weighted by molar-refractivity contribution is 5.40. The van der Waals surface area contributed by atoms with Crippen molar-refractivity contribution in [3.8, 4) is 6.07 Å². The van der Waals surface area contributed by atoms with Crippen molar-refractivity contribution in [2.45, 2.75) is 19.9 Å². The van der Waals surface area contributed by atoms with E-state index in [4.69, 9.17) is 5.26 Å². The van der Waals surface area contributed by atoms with Gasteiger partial charge < -0.3 is 10.3 Å². The second-order valence-electron chi connectivity index (χ2n) is 4.38. The van der Waals surface area contributed by atoms with E-state index in [1.165, 1.54) is 0 Å². The Kier molecular flexibility index (Phi) is 3.58. The van der Waals surface area contributed by atoms with Crippen LogP contribution >= 0.6 is 0 Å². The molecule has 5 heteroatoms. The maximum atomic E-state index is 8.72. The van der Waals surface area contributed by atoms with E-state index >= 15 is 0 Å². The highest BCUT2D eigenvalue weighted by atomic mass is 15.1. The first-order chi connectivity index (χ1) is 8.70. The first-order valence-corrected chi connectivity index (χ1v) is 5.82. The van der Waals surface area contributed by atoms with Crippen molar-refractivity contribution in [3.05, 3.63) is 42.1 Å². The molecule has 0 saturated heterocycles. The van der Waals surface area contributed by atoms with E-state index in [0.717, 1.165) is 11.6 Å². The summed E-state index contributed by atoms with van der Waals surface area (Å²) in [4.78, 5) is 11.6. The molecule has 2 aromatic heterocycles. The van der Waals surface area contributed by atoms with E-state index in [0.29, 0.717) is 11.5 Å². The van der Waals surface area contributed by atoms with Gasteiger partial charge in [0.15, 0.2) is 0 Å². The molecule has 0 aliphatic carbocycles. The SMILES string of the molecule is CC(C)[C@H](Nc1ccc(C#N)cn1)c1ncc[nH]1. The highest BCUT2D eigenvalue weighted by Gasteiger charge is 2.18. The number of nitrogens with zero attached hydrogens (tertiary/aromatic N) is 3.